The van der Waals surface area contributed by atoms with Crippen molar-refractivity contribution in [3.8, 4) is 0 Å². The summed E-state index contributed by atoms with van der Waals surface area (Å²) < 4.78 is 12.4. The molecular weight excluding hydrogens is 196 g/mol. The highest BCUT2D eigenvalue weighted by Crippen LogP contribution is 2.11. The maximum absolute atomic E-state index is 5.97. The number of nitrogens with two attached hydrogens (primary N) is 1. The first-order valence-electron chi connectivity index (χ1n) is 5.07. The Morgan fingerprint density at radius 3 is 2.93 bits per heavy atom. The van der Waals surface area contributed by atoms with Crippen molar-refractivity contribution in [2.75, 3.05) is 13.2 Å². The summed E-state index contributed by atoms with van der Waals surface area (Å²) in [5.74, 6) is 0.889. The van der Waals surface area contributed by atoms with Crippen molar-refractivity contribution in [2.24, 2.45) is 12.8 Å². The third kappa shape index (κ3) is 2.74. The van der Waals surface area contributed by atoms with Gasteiger partial charge in [-0.3, -0.25) is 4.68 Å². The molecule has 2 N–H and O–H groups in total. The Morgan fingerprint density at radius 1 is 1.60 bits per heavy atom. The van der Waals surface area contributed by atoms with E-state index in [1.54, 1.807) is 4.68 Å². The molecule has 1 aliphatic rings. The van der Waals surface area contributed by atoms with Crippen LogP contribution < -0.4 is 5.73 Å². The molecule has 2 rings (SSSR count). The van der Waals surface area contributed by atoms with E-state index in [2.05, 4.69) is 10.1 Å². The van der Waals surface area contributed by atoms with Gasteiger partial charge < -0.3 is 15.2 Å². The minimum absolute atomic E-state index is 0.00370. The van der Waals surface area contributed by atoms with Gasteiger partial charge in [0.05, 0.1) is 13.2 Å². The van der Waals surface area contributed by atoms with Gasteiger partial charge in [-0.25, -0.2) is 4.98 Å². The first-order valence-corrected chi connectivity index (χ1v) is 5.07. The summed E-state index contributed by atoms with van der Waals surface area (Å²) in [6, 6.07) is -0.00370. The quantitative estimate of drug-likeness (QED) is 0.724. The normalized spacial score (nSPS) is 19.6. The van der Waals surface area contributed by atoms with Crippen LogP contribution in [0, 0.1) is 0 Å². The molecule has 0 aromatic carbocycles. The zero-order valence-electron chi connectivity index (χ0n) is 8.80. The Balaban J connectivity index is 1.81. The lowest BCUT2D eigenvalue weighted by atomic mass is 10.1. The summed E-state index contributed by atoms with van der Waals surface area (Å²) in [5, 5.41) is 3.99. The second-order valence-corrected chi connectivity index (χ2v) is 3.67. The van der Waals surface area contributed by atoms with Gasteiger partial charge in [0, 0.05) is 25.9 Å². The minimum atomic E-state index is -0.145. The largest absolute Gasteiger partial charge is 0.350 e. The lowest BCUT2D eigenvalue weighted by molar-refractivity contribution is -0.0505. The third-order valence-electron chi connectivity index (χ3n) is 2.44. The SMILES string of the molecule is Cn1ncnc1CC(N)CC1OCCO1. The van der Waals surface area contributed by atoms with Gasteiger partial charge in [-0.15, -0.1) is 0 Å². The van der Waals surface area contributed by atoms with Crippen LogP contribution in [0.5, 0.6) is 0 Å². The molecule has 0 aliphatic carbocycles. The lowest BCUT2D eigenvalue weighted by Gasteiger charge is -2.14. The van der Waals surface area contributed by atoms with Crippen LogP contribution in [0.4, 0.5) is 0 Å². The predicted molar refractivity (Wildman–Crippen MR) is 53.0 cm³/mol. The molecule has 0 radical (unpaired) electrons. The number of aryl methyl sites for hydroxylation is 1. The van der Waals surface area contributed by atoms with Crippen molar-refractivity contribution in [3.05, 3.63) is 12.2 Å². The van der Waals surface area contributed by atoms with Crippen molar-refractivity contribution < 1.29 is 9.47 Å². The number of ether oxygens (including phenoxy) is 2. The number of aromatic nitrogens is 3. The summed E-state index contributed by atoms with van der Waals surface area (Å²) in [6.07, 6.45) is 2.78. The molecule has 1 atom stereocenters. The lowest BCUT2D eigenvalue weighted by Crippen LogP contribution is -2.29. The Bertz CT molecular complexity index is 309. The topological polar surface area (TPSA) is 75.2 Å². The number of hydrogen-bond acceptors (Lipinski definition) is 5. The van der Waals surface area contributed by atoms with Crippen molar-refractivity contribution in [3.63, 3.8) is 0 Å². The van der Waals surface area contributed by atoms with Crippen LogP contribution in [0.15, 0.2) is 6.33 Å². The van der Waals surface area contributed by atoms with Gasteiger partial charge >= 0.3 is 0 Å². The molecule has 1 unspecified atom stereocenters. The molecule has 1 aromatic heterocycles. The molecule has 15 heavy (non-hydrogen) atoms. The van der Waals surface area contributed by atoms with Crippen molar-refractivity contribution >= 4 is 0 Å². The summed E-state index contributed by atoms with van der Waals surface area (Å²) >= 11 is 0. The molecular formula is C9H16N4O2. The predicted octanol–water partition coefficient (Wildman–Crippen LogP) is -0.552. The van der Waals surface area contributed by atoms with E-state index in [-0.39, 0.29) is 12.3 Å². The van der Waals surface area contributed by atoms with Gasteiger partial charge in [0.15, 0.2) is 6.29 Å². The second kappa shape index (κ2) is 4.69. The average molecular weight is 212 g/mol. The maximum Gasteiger partial charge on any atom is 0.159 e. The van der Waals surface area contributed by atoms with Crippen molar-refractivity contribution in [2.45, 2.75) is 25.2 Å². The molecule has 0 amide bonds. The average Bonchev–Trinajstić information content (AvgIpc) is 2.79. The third-order valence-corrected chi connectivity index (χ3v) is 2.44. The van der Waals surface area contributed by atoms with Crippen LogP contribution in [0.3, 0.4) is 0 Å². The Morgan fingerprint density at radius 2 is 2.33 bits per heavy atom. The van der Waals surface area contributed by atoms with Crippen molar-refractivity contribution in [1.82, 2.24) is 14.8 Å². The Hall–Kier alpha value is -0.980. The number of nitrogens with zero attached hydrogens (tertiary/aromatic N) is 3. The molecule has 1 saturated heterocycles. The van der Waals surface area contributed by atoms with Crippen molar-refractivity contribution in [1.29, 1.82) is 0 Å². The van der Waals surface area contributed by atoms with Crippen LogP contribution in [0.25, 0.3) is 0 Å². The standard InChI is InChI=1S/C9H16N4O2/c1-13-8(11-6-12-13)4-7(10)5-9-14-2-3-15-9/h6-7,9H,2-5,10H2,1H3. The molecule has 1 fully saturated rings. The molecule has 1 aliphatic heterocycles. The molecule has 0 bridgehead atoms. The van der Waals surface area contributed by atoms with Gasteiger partial charge in [0.1, 0.15) is 12.2 Å². The smallest absolute Gasteiger partial charge is 0.159 e. The van der Waals surface area contributed by atoms with Gasteiger partial charge in [0.25, 0.3) is 0 Å². The second-order valence-electron chi connectivity index (χ2n) is 3.67. The highest BCUT2D eigenvalue weighted by molar-refractivity contribution is 4.88. The van der Waals surface area contributed by atoms with Crippen LogP contribution in [-0.2, 0) is 22.9 Å². The van der Waals surface area contributed by atoms with E-state index in [1.165, 1.54) is 6.33 Å². The highest BCUT2D eigenvalue weighted by Gasteiger charge is 2.20. The maximum atomic E-state index is 5.97. The molecule has 2 heterocycles. The molecule has 0 spiro atoms. The monoisotopic (exact) mass is 212 g/mol. The molecule has 0 saturated carbocycles. The number of rotatable bonds is 4. The summed E-state index contributed by atoms with van der Waals surface area (Å²) in [4.78, 5) is 4.12. The van der Waals surface area contributed by atoms with E-state index in [9.17, 15) is 0 Å². The van der Waals surface area contributed by atoms with Gasteiger partial charge in [-0.2, -0.15) is 5.10 Å². The number of hydrogen-bond donors (Lipinski definition) is 1. The van der Waals surface area contributed by atoms with Gasteiger partial charge in [-0.05, 0) is 0 Å². The van der Waals surface area contributed by atoms with Crippen LogP contribution >= 0.6 is 0 Å². The Labute approximate surface area is 88.4 Å². The Kier molecular flexibility index (Phi) is 3.30. The molecule has 6 heteroatoms. The summed E-state index contributed by atoms with van der Waals surface area (Å²) in [6.45, 7) is 1.34. The zero-order valence-corrected chi connectivity index (χ0v) is 8.80. The minimum Gasteiger partial charge on any atom is -0.350 e. The fourth-order valence-corrected chi connectivity index (χ4v) is 1.61. The van der Waals surface area contributed by atoms with E-state index >= 15 is 0 Å². The fraction of sp³-hybridized carbons (Fsp3) is 0.778. The summed E-state index contributed by atoms with van der Waals surface area (Å²) in [5.41, 5.74) is 5.97. The van der Waals surface area contributed by atoms with E-state index in [1.807, 2.05) is 7.05 Å². The van der Waals surface area contributed by atoms with E-state index in [0.29, 0.717) is 26.1 Å². The molecule has 1 aromatic rings. The van der Waals surface area contributed by atoms with E-state index in [4.69, 9.17) is 15.2 Å². The van der Waals surface area contributed by atoms with E-state index < -0.39 is 0 Å². The first kappa shape index (κ1) is 10.5. The van der Waals surface area contributed by atoms with Gasteiger partial charge in [0.2, 0.25) is 0 Å². The summed E-state index contributed by atoms with van der Waals surface area (Å²) in [7, 11) is 1.86. The van der Waals surface area contributed by atoms with Gasteiger partial charge in [-0.1, -0.05) is 0 Å². The van der Waals surface area contributed by atoms with Crippen LogP contribution in [0.1, 0.15) is 12.2 Å². The zero-order chi connectivity index (χ0) is 10.7. The highest BCUT2D eigenvalue weighted by atomic mass is 16.7. The molecule has 84 valence electrons. The van der Waals surface area contributed by atoms with Crippen LogP contribution in [0.2, 0.25) is 0 Å². The van der Waals surface area contributed by atoms with Crippen LogP contribution in [-0.4, -0.2) is 40.3 Å². The van der Waals surface area contributed by atoms with E-state index in [0.717, 1.165) is 5.82 Å². The fourth-order valence-electron chi connectivity index (χ4n) is 1.61. The first-order chi connectivity index (χ1) is 7.25. The molecule has 6 nitrogen and oxygen atoms in total.